The van der Waals surface area contributed by atoms with Gasteiger partial charge >= 0.3 is 5.97 Å². The summed E-state index contributed by atoms with van der Waals surface area (Å²) < 4.78 is 18.2. The predicted octanol–water partition coefficient (Wildman–Crippen LogP) is 5.15. The number of carbonyl (C=O) groups excluding carboxylic acids is 1. The van der Waals surface area contributed by atoms with Gasteiger partial charge in [0.25, 0.3) is 0 Å². The van der Waals surface area contributed by atoms with Gasteiger partial charge in [-0.15, -0.1) is 0 Å². The Labute approximate surface area is 158 Å². The van der Waals surface area contributed by atoms with Gasteiger partial charge in [0.15, 0.2) is 0 Å². The quantitative estimate of drug-likeness (QED) is 0.503. The molecule has 3 nitrogen and oxygen atoms in total. The van der Waals surface area contributed by atoms with E-state index in [0.717, 1.165) is 35.1 Å². The second kappa shape index (κ2) is 8.04. The van der Waals surface area contributed by atoms with E-state index in [2.05, 4.69) is 0 Å². The van der Waals surface area contributed by atoms with Crippen molar-refractivity contribution >= 4 is 5.97 Å². The Bertz CT molecular complexity index is 939. The van der Waals surface area contributed by atoms with Crippen molar-refractivity contribution < 1.29 is 19.0 Å². The van der Waals surface area contributed by atoms with Crippen molar-refractivity contribution in [2.45, 2.75) is 26.7 Å². The fourth-order valence-electron chi connectivity index (χ4n) is 3.00. The van der Waals surface area contributed by atoms with Gasteiger partial charge in [-0.25, -0.2) is 9.18 Å². The van der Waals surface area contributed by atoms with Crippen LogP contribution in [-0.4, -0.2) is 11.1 Å². The van der Waals surface area contributed by atoms with Crippen LogP contribution < -0.4 is 4.74 Å². The highest BCUT2D eigenvalue weighted by atomic mass is 19.1. The highest BCUT2D eigenvalue weighted by molar-refractivity contribution is 5.91. The number of ether oxygens (including phenoxy) is 1. The standard InChI is InChI=1S/C23H21FO3/c1-15-12-18(13-16(2)22(15)25)7-6-17-4-3-5-19(14-17)23(26)27-21-10-8-20(24)9-11-21/h3-5,8-14,25H,6-7H2,1-2H3. The maximum absolute atomic E-state index is 12.9. The maximum Gasteiger partial charge on any atom is 0.343 e. The van der Waals surface area contributed by atoms with Crippen LogP contribution in [0.2, 0.25) is 0 Å². The minimum Gasteiger partial charge on any atom is -0.507 e. The minimum atomic E-state index is -0.472. The molecule has 27 heavy (non-hydrogen) atoms. The molecule has 4 heteroatoms. The summed E-state index contributed by atoms with van der Waals surface area (Å²) in [5, 5.41) is 9.88. The molecule has 3 aromatic carbocycles. The summed E-state index contributed by atoms with van der Waals surface area (Å²) >= 11 is 0. The monoisotopic (exact) mass is 364 g/mol. The zero-order valence-corrected chi connectivity index (χ0v) is 15.3. The van der Waals surface area contributed by atoms with Crippen molar-refractivity contribution in [3.8, 4) is 11.5 Å². The van der Waals surface area contributed by atoms with Crippen molar-refractivity contribution in [3.63, 3.8) is 0 Å². The van der Waals surface area contributed by atoms with Gasteiger partial charge in [0.2, 0.25) is 0 Å². The van der Waals surface area contributed by atoms with Crippen LogP contribution in [0.3, 0.4) is 0 Å². The fraction of sp³-hybridized carbons (Fsp3) is 0.174. The van der Waals surface area contributed by atoms with Crippen molar-refractivity contribution in [1.29, 1.82) is 0 Å². The fourth-order valence-corrected chi connectivity index (χ4v) is 3.00. The Kier molecular flexibility index (Phi) is 5.55. The Morgan fingerprint density at radius 2 is 1.56 bits per heavy atom. The zero-order valence-electron chi connectivity index (χ0n) is 15.3. The highest BCUT2D eigenvalue weighted by Gasteiger charge is 2.10. The van der Waals surface area contributed by atoms with Crippen molar-refractivity contribution in [2.24, 2.45) is 0 Å². The third-order valence-corrected chi connectivity index (χ3v) is 4.44. The molecule has 0 saturated heterocycles. The van der Waals surface area contributed by atoms with Gasteiger partial charge in [0.1, 0.15) is 17.3 Å². The molecule has 0 fully saturated rings. The number of aryl methyl sites for hydroxylation is 4. The lowest BCUT2D eigenvalue weighted by molar-refractivity contribution is 0.0734. The molecule has 1 N–H and O–H groups in total. The first-order chi connectivity index (χ1) is 12.9. The second-order valence-electron chi connectivity index (χ2n) is 6.62. The van der Waals surface area contributed by atoms with Crippen LogP contribution in [0.4, 0.5) is 4.39 Å². The Morgan fingerprint density at radius 3 is 2.22 bits per heavy atom. The molecule has 0 aliphatic heterocycles. The number of benzene rings is 3. The lowest BCUT2D eigenvalue weighted by atomic mass is 9.99. The first kappa shape index (κ1) is 18.6. The maximum atomic E-state index is 12.9. The molecular formula is C23H21FO3. The van der Waals surface area contributed by atoms with Crippen molar-refractivity contribution in [3.05, 3.63) is 94.3 Å². The summed E-state index contributed by atoms with van der Waals surface area (Å²) in [5.41, 5.74) is 4.34. The summed E-state index contributed by atoms with van der Waals surface area (Å²) in [5.74, 6) is -0.206. The highest BCUT2D eigenvalue weighted by Crippen LogP contribution is 2.24. The van der Waals surface area contributed by atoms with E-state index >= 15 is 0 Å². The number of phenols is 1. The molecule has 138 valence electrons. The molecule has 0 atom stereocenters. The van der Waals surface area contributed by atoms with E-state index in [0.29, 0.717) is 17.1 Å². The molecule has 0 bridgehead atoms. The molecular weight excluding hydrogens is 343 g/mol. The summed E-state index contributed by atoms with van der Waals surface area (Å²) in [6, 6.07) is 16.6. The molecule has 0 heterocycles. The van der Waals surface area contributed by atoms with Crippen LogP contribution >= 0.6 is 0 Å². The molecule has 0 aliphatic carbocycles. The van der Waals surface area contributed by atoms with Gasteiger partial charge in [-0.2, -0.15) is 0 Å². The Morgan fingerprint density at radius 1 is 0.926 bits per heavy atom. The van der Waals surface area contributed by atoms with E-state index in [1.54, 1.807) is 6.07 Å². The van der Waals surface area contributed by atoms with Gasteiger partial charge < -0.3 is 9.84 Å². The molecule has 0 aliphatic rings. The van der Waals surface area contributed by atoms with E-state index in [4.69, 9.17) is 4.74 Å². The first-order valence-electron chi connectivity index (χ1n) is 8.78. The van der Waals surface area contributed by atoms with E-state index in [-0.39, 0.29) is 5.82 Å². The van der Waals surface area contributed by atoms with Gasteiger partial charge in [-0.1, -0.05) is 24.3 Å². The molecule has 3 rings (SSSR count). The average Bonchev–Trinajstić information content (AvgIpc) is 2.66. The summed E-state index contributed by atoms with van der Waals surface area (Å²) in [6.45, 7) is 3.77. The molecule has 3 aromatic rings. The largest absolute Gasteiger partial charge is 0.507 e. The Balaban J connectivity index is 1.68. The molecule has 0 radical (unpaired) electrons. The number of aromatic hydroxyl groups is 1. The molecule has 0 spiro atoms. The van der Waals surface area contributed by atoms with Crippen LogP contribution in [-0.2, 0) is 12.8 Å². The van der Waals surface area contributed by atoms with Gasteiger partial charge in [-0.3, -0.25) is 0 Å². The topological polar surface area (TPSA) is 46.5 Å². The number of carbonyl (C=O) groups is 1. The van der Waals surface area contributed by atoms with Crippen LogP contribution in [0.15, 0.2) is 60.7 Å². The number of phenolic OH excluding ortho intramolecular Hbond substituents is 1. The normalized spacial score (nSPS) is 10.6. The lowest BCUT2D eigenvalue weighted by Gasteiger charge is -2.09. The zero-order chi connectivity index (χ0) is 19.4. The van der Waals surface area contributed by atoms with Crippen LogP contribution in [0.5, 0.6) is 11.5 Å². The molecule has 0 amide bonds. The number of esters is 1. The SMILES string of the molecule is Cc1cc(CCc2cccc(C(=O)Oc3ccc(F)cc3)c2)cc(C)c1O. The number of rotatable bonds is 5. The van der Waals surface area contributed by atoms with Crippen LogP contribution in [0.1, 0.15) is 32.6 Å². The first-order valence-corrected chi connectivity index (χ1v) is 8.78. The predicted molar refractivity (Wildman–Crippen MR) is 103 cm³/mol. The van der Waals surface area contributed by atoms with E-state index in [1.807, 2.05) is 44.2 Å². The van der Waals surface area contributed by atoms with Crippen molar-refractivity contribution in [2.75, 3.05) is 0 Å². The summed E-state index contributed by atoms with van der Waals surface area (Å²) in [6.07, 6.45) is 1.57. The number of hydrogen-bond donors (Lipinski definition) is 1. The van der Waals surface area contributed by atoms with E-state index in [1.165, 1.54) is 24.3 Å². The van der Waals surface area contributed by atoms with Gasteiger partial charge in [0.05, 0.1) is 5.56 Å². The molecule has 0 saturated carbocycles. The summed E-state index contributed by atoms with van der Waals surface area (Å²) in [4.78, 5) is 12.3. The molecule has 0 aromatic heterocycles. The van der Waals surface area contributed by atoms with E-state index < -0.39 is 5.97 Å². The van der Waals surface area contributed by atoms with Gasteiger partial charge in [0, 0.05) is 0 Å². The number of hydrogen-bond acceptors (Lipinski definition) is 3. The van der Waals surface area contributed by atoms with Gasteiger partial charge in [-0.05, 0) is 85.3 Å². The third kappa shape index (κ3) is 4.73. The molecule has 0 unspecified atom stereocenters. The minimum absolute atomic E-state index is 0.307. The number of halogens is 1. The van der Waals surface area contributed by atoms with Crippen molar-refractivity contribution in [1.82, 2.24) is 0 Å². The summed E-state index contributed by atoms with van der Waals surface area (Å²) in [7, 11) is 0. The van der Waals surface area contributed by atoms with E-state index in [9.17, 15) is 14.3 Å². The second-order valence-corrected chi connectivity index (χ2v) is 6.62. The smallest absolute Gasteiger partial charge is 0.343 e. The Hall–Kier alpha value is -3.14. The van der Waals surface area contributed by atoms with Crippen LogP contribution in [0.25, 0.3) is 0 Å². The average molecular weight is 364 g/mol. The third-order valence-electron chi connectivity index (χ3n) is 4.44. The lowest BCUT2D eigenvalue weighted by Crippen LogP contribution is -2.09. The van der Waals surface area contributed by atoms with Crippen LogP contribution in [0, 0.1) is 19.7 Å².